The van der Waals surface area contributed by atoms with Crippen molar-refractivity contribution in [2.45, 2.75) is 143 Å². The summed E-state index contributed by atoms with van der Waals surface area (Å²) in [6.45, 7) is 9.08. The minimum absolute atomic E-state index is 0.0211. The largest absolute Gasteiger partial charge is 0.466 e. The van der Waals surface area contributed by atoms with Crippen molar-refractivity contribution in [3.05, 3.63) is 0 Å². The van der Waals surface area contributed by atoms with Crippen LogP contribution in [0.25, 0.3) is 0 Å². The molecule has 0 aliphatic rings. The Morgan fingerprint density at radius 2 is 1.10 bits per heavy atom. The zero-order valence-electron chi connectivity index (χ0n) is 20.5. The van der Waals surface area contributed by atoms with Gasteiger partial charge in [0.1, 0.15) is 0 Å². The maximum absolute atomic E-state index is 11.8. The highest BCUT2D eigenvalue weighted by atomic mass is 16.5. The first-order valence-corrected chi connectivity index (χ1v) is 12.8. The zero-order chi connectivity index (χ0) is 22.5. The zero-order valence-corrected chi connectivity index (χ0v) is 20.5. The van der Waals surface area contributed by atoms with Crippen LogP contribution in [-0.4, -0.2) is 24.6 Å². The lowest BCUT2D eigenvalue weighted by Crippen LogP contribution is -2.16. The van der Waals surface area contributed by atoms with Gasteiger partial charge in [-0.15, -0.1) is 0 Å². The van der Waals surface area contributed by atoms with Gasteiger partial charge in [-0.3, -0.25) is 9.59 Å². The van der Waals surface area contributed by atoms with E-state index >= 15 is 0 Å². The second kappa shape index (κ2) is 21.2. The predicted octanol–water partition coefficient (Wildman–Crippen LogP) is 7.77. The highest BCUT2D eigenvalue weighted by Crippen LogP contribution is 2.12. The first kappa shape index (κ1) is 28.9. The van der Waals surface area contributed by atoms with Gasteiger partial charge < -0.3 is 9.47 Å². The average molecular weight is 427 g/mol. The van der Waals surface area contributed by atoms with Crippen LogP contribution >= 0.6 is 0 Å². The maximum atomic E-state index is 11.8. The number of carbonyl (C=O) groups is 2. The molecule has 0 fully saturated rings. The molecule has 0 N–H and O–H groups in total. The summed E-state index contributed by atoms with van der Waals surface area (Å²) in [4.78, 5) is 23.5. The first-order valence-electron chi connectivity index (χ1n) is 12.8. The Morgan fingerprint density at radius 3 is 1.63 bits per heavy atom. The van der Waals surface area contributed by atoms with E-state index in [0.717, 1.165) is 51.4 Å². The molecule has 0 aliphatic heterocycles. The smallest absolute Gasteiger partial charge is 0.306 e. The van der Waals surface area contributed by atoms with Crippen LogP contribution in [0.1, 0.15) is 137 Å². The van der Waals surface area contributed by atoms with Crippen molar-refractivity contribution in [1.82, 2.24) is 0 Å². The van der Waals surface area contributed by atoms with Crippen molar-refractivity contribution in [1.29, 1.82) is 0 Å². The molecule has 0 spiro atoms. The van der Waals surface area contributed by atoms with E-state index in [0.29, 0.717) is 25.4 Å². The van der Waals surface area contributed by atoms with Crippen LogP contribution < -0.4 is 0 Å². The van der Waals surface area contributed by atoms with Crippen molar-refractivity contribution < 1.29 is 19.1 Å². The van der Waals surface area contributed by atoms with Crippen molar-refractivity contribution in [2.24, 2.45) is 5.92 Å². The van der Waals surface area contributed by atoms with Gasteiger partial charge in [0.25, 0.3) is 0 Å². The van der Waals surface area contributed by atoms with E-state index < -0.39 is 0 Å². The van der Waals surface area contributed by atoms with Gasteiger partial charge in [0.15, 0.2) is 0 Å². The van der Waals surface area contributed by atoms with Gasteiger partial charge in [0.2, 0.25) is 0 Å². The maximum Gasteiger partial charge on any atom is 0.306 e. The second-order valence-electron chi connectivity index (χ2n) is 9.25. The average Bonchev–Trinajstić information content (AvgIpc) is 2.68. The SMILES string of the molecule is CCCCCCCCCCOC(=O)CCCCCCCCC(=O)OC(C)CC(C)C. The predicted molar refractivity (Wildman–Crippen MR) is 126 cm³/mol. The normalized spacial score (nSPS) is 12.2. The molecule has 0 bridgehead atoms. The van der Waals surface area contributed by atoms with Crippen LogP contribution in [0.5, 0.6) is 0 Å². The van der Waals surface area contributed by atoms with E-state index in [2.05, 4.69) is 20.8 Å². The Kier molecular flexibility index (Phi) is 20.4. The van der Waals surface area contributed by atoms with Crippen molar-refractivity contribution >= 4 is 11.9 Å². The van der Waals surface area contributed by atoms with Crippen LogP contribution in [0.3, 0.4) is 0 Å². The Morgan fingerprint density at radius 1 is 0.633 bits per heavy atom. The minimum Gasteiger partial charge on any atom is -0.466 e. The molecule has 0 heterocycles. The summed E-state index contributed by atoms with van der Waals surface area (Å²) < 4.78 is 10.7. The Hall–Kier alpha value is -1.06. The molecule has 178 valence electrons. The van der Waals surface area contributed by atoms with Crippen LogP contribution in [0.15, 0.2) is 0 Å². The van der Waals surface area contributed by atoms with Crippen molar-refractivity contribution in [3.63, 3.8) is 0 Å². The summed E-state index contributed by atoms with van der Waals surface area (Å²) in [5.41, 5.74) is 0. The van der Waals surface area contributed by atoms with Crippen LogP contribution in [-0.2, 0) is 19.1 Å². The summed E-state index contributed by atoms with van der Waals surface area (Å²) in [6.07, 6.45) is 18.2. The van der Waals surface area contributed by atoms with E-state index in [4.69, 9.17) is 9.47 Å². The number of hydrogen-bond donors (Lipinski definition) is 0. The summed E-state index contributed by atoms with van der Waals surface area (Å²) in [7, 11) is 0. The summed E-state index contributed by atoms with van der Waals surface area (Å²) in [5.74, 6) is 0.439. The molecule has 0 saturated carbocycles. The van der Waals surface area contributed by atoms with E-state index in [1.807, 2.05) is 6.92 Å². The van der Waals surface area contributed by atoms with Crippen LogP contribution in [0.4, 0.5) is 0 Å². The highest BCUT2D eigenvalue weighted by Gasteiger charge is 2.10. The molecule has 4 heteroatoms. The molecule has 0 aliphatic carbocycles. The van der Waals surface area contributed by atoms with Crippen LogP contribution in [0, 0.1) is 5.92 Å². The van der Waals surface area contributed by atoms with Crippen molar-refractivity contribution in [3.8, 4) is 0 Å². The van der Waals surface area contributed by atoms with Gasteiger partial charge >= 0.3 is 11.9 Å². The van der Waals surface area contributed by atoms with Gasteiger partial charge in [-0.2, -0.15) is 0 Å². The lowest BCUT2D eigenvalue weighted by molar-refractivity contribution is -0.149. The van der Waals surface area contributed by atoms with Gasteiger partial charge in [-0.1, -0.05) is 91.4 Å². The number of unbranched alkanes of at least 4 members (excludes halogenated alkanes) is 12. The number of esters is 2. The summed E-state index contributed by atoms with van der Waals surface area (Å²) in [5, 5.41) is 0. The summed E-state index contributed by atoms with van der Waals surface area (Å²) >= 11 is 0. The molecule has 0 radical (unpaired) electrons. The molecule has 0 aromatic rings. The second-order valence-corrected chi connectivity index (χ2v) is 9.25. The fourth-order valence-electron chi connectivity index (χ4n) is 3.74. The molecular formula is C26H50O4. The molecule has 0 saturated heterocycles. The molecule has 0 rings (SSSR count). The van der Waals surface area contributed by atoms with E-state index in [-0.39, 0.29) is 18.0 Å². The van der Waals surface area contributed by atoms with Crippen molar-refractivity contribution in [2.75, 3.05) is 6.61 Å². The Balaban J connectivity index is 3.34. The van der Waals surface area contributed by atoms with E-state index in [9.17, 15) is 9.59 Å². The molecule has 0 aromatic heterocycles. The highest BCUT2D eigenvalue weighted by molar-refractivity contribution is 5.69. The third-order valence-corrected chi connectivity index (χ3v) is 5.41. The number of carbonyl (C=O) groups excluding carboxylic acids is 2. The standard InChI is InChI=1S/C26H50O4/c1-5-6-7-8-9-12-15-18-21-29-25(27)19-16-13-10-11-14-17-20-26(28)30-24(4)22-23(2)3/h23-24H,5-22H2,1-4H3. The monoisotopic (exact) mass is 426 g/mol. The number of rotatable bonds is 21. The van der Waals surface area contributed by atoms with E-state index in [1.54, 1.807) is 0 Å². The van der Waals surface area contributed by atoms with Gasteiger partial charge in [-0.05, 0) is 38.5 Å². The fraction of sp³-hybridized carbons (Fsp3) is 0.923. The topological polar surface area (TPSA) is 52.6 Å². The fourth-order valence-corrected chi connectivity index (χ4v) is 3.74. The molecule has 0 aromatic carbocycles. The number of hydrogen-bond acceptors (Lipinski definition) is 4. The lowest BCUT2D eigenvalue weighted by Gasteiger charge is -2.15. The molecular weight excluding hydrogens is 376 g/mol. The van der Waals surface area contributed by atoms with Crippen LogP contribution in [0.2, 0.25) is 0 Å². The molecule has 4 nitrogen and oxygen atoms in total. The minimum atomic E-state index is -0.0672. The first-order chi connectivity index (χ1) is 14.5. The Labute approximate surface area is 186 Å². The van der Waals surface area contributed by atoms with Gasteiger partial charge in [0, 0.05) is 12.8 Å². The molecule has 1 atom stereocenters. The third-order valence-electron chi connectivity index (χ3n) is 5.41. The lowest BCUT2D eigenvalue weighted by atomic mass is 10.1. The molecule has 30 heavy (non-hydrogen) atoms. The van der Waals surface area contributed by atoms with Gasteiger partial charge in [-0.25, -0.2) is 0 Å². The Bertz CT molecular complexity index is 406. The molecule has 0 amide bonds. The van der Waals surface area contributed by atoms with Gasteiger partial charge in [0.05, 0.1) is 12.7 Å². The third kappa shape index (κ3) is 21.6. The quantitative estimate of drug-likeness (QED) is 0.139. The number of ether oxygens (including phenoxy) is 2. The van der Waals surface area contributed by atoms with E-state index in [1.165, 1.54) is 44.9 Å². The molecule has 1 unspecified atom stereocenters. The summed E-state index contributed by atoms with van der Waals surface area (Å²) in [6, 6.07) is 0.